The Bertz CT molecular complexity index is 1500. The first kappa shape index (κ1) is 29.9. The van der Waals surface area contributed by atoms with E-state index in [2.05, 4.69) is 61.5 Å². The molecule has 2 aromatic heterocycles. The SMILES string of the molecule is C=CC1=C(C)C2CC3NC(Cc4[nH]c(c(C)c4CCC(=O)O)Cc4[nH]c(c(C)c4C=C)CC1N2)C(CCC(=O)O)=C3C. The number of H-pyrrole nitrogens is 2. The van der Waals surface area contributed by atoms with Gasteiger partial charge in [0.2, 0.25) is 0 Å². The molecule has 0 aromatic carbocycles. The van der Waals surface area contributed by atoms with Crippen LogP contribution < -0.4 is 10.6 Å². The van der Waals surface area contributed by atoms with E-state index in [0.29, 0.717) is 25.7 Å². The number of carboxylic acid groups (broad SMARTS) is 2. The molecule has 0 amide bonds. The van der Waals surface area contributed by atoms with Gasteiger partial charge >= 0.3 is 11.9 Å². The fourth-order valence-corrected chi connectivity index (χ4v) is 7.51. The molecular weight excluding hydrogens is 528 g/mol. The van der Waals surface area contributed by atoms with Crippen molar-refractivity contribution in [2.75, 3.05) is 0 Å². The fraction of sp³-hybridized carbons (Fsp3) is 0.471. The first-order chi connectivity index (χ1) is 20.0. The highest BCUT2D eigenvalue weighted by atomic mass is 16.4. The molecule has 3 aliphatic rings. The minimum atomic E-state index is -0.818. The summed E-state index contributed by atoms with van der Waals surface area (Å²) < 4.78 is 0. The summed E-state index contributed by atoms with van der Waals surface area (Å²) in [5, 5.41) is 26.8. The Kier molecular flexibility index (Phi) is 8.49. The quantitative estimate of drug-likeness (QED) is 0.245. The van der Waals surface area contributed by atoms with E-state index in [0.717, 1.165) is 52.2 Å². The second-order valence-corrected chi connectivity index (χ2v) is 12.2. The van der Waals surface area contributed by atoms with E-state index in [1.807, 2.05) is 12.2 Å². The minimum absolute atomic E-state index is 0.0276. The van der Waals surface area contributed by atoms with Crippen LogP contribution in [0.15, 0.2) is 41.5 Å². The van der Waals surface area contributed by atoms with Crippen LogP contribution in [0.2, 0.25) is 0 Å². The highest BCUT2D eigenvalue weighted by Crippen LogP contribution is 2.36. The van der Waals surface area contributed by atoms with Gasteiger partial charge in [-0.3, -0.25) is 9.59 Å². The lowest BCUT2D eigenvalue weighted by atomic mass is 9.92. The summed E-state index contributed by atoms with van der Waals surface area (Å²) in [5.41, 5.74) is 13.8. The van der Waals surface area contributed by atoms with Gasteiger partial charge in [0, 0.05) is 79.0 Å². The summed E-state index contributed by atoms with van der Waals surface area (Å²) in [6, 6.07) is 0.382. The third-order valence-corrected chi connectivity index (χ3v) is 9.93. The maximum atomic E-state index is 11.6. The molecule has 5 heterocycles. The zero-order valence-electron chi connectivity index (χ0n) is 25.2. The van der Waals surface area contributed by atoms with Crippen LogP contribution in [0.25, 0.3) is 6.08 Å². The predicted octanol–water partition coefficient (Wildman–Crippen LogP) is 5.06. The van der Waals surface area contributed by atoms with Crippen LogP contribution >= 0.6 is 0 Å². The molecule has 6 N–H and O–H groups in total. The van der Waals surface area contributed by atoms with Gasteiger partial charge in [0.1, 0.15) is 0 Å². The molecular formula is C34H44N4O4. The number of carboxylic acids is 2. The first-order valence-corrected chi connectivity index (χ1v) is 15.0. The molecule has 8 nitrogen and oxygen atoms in total. The minimum Gasteiger partial charge on any atom is -0.481 e. The molecule has 5 rings (SSSR count). The smallest absolute Gasteiger partial charge is 0.303 e. The van der Waals surface area contributed by atoms with Crippen LogP contribution in [0.3, 0.4) is 0 Å². The third-order valence-electron chi connectivity index (χ3n) is 9.93. The van der Waals surface area contributed by atoms with Crippen molar-refractivity contribution < 1.29 is 19.8 Å². The Morgan fingerprint density at radius 3 is 2.05 bits per heavy atom. The van der Waals surface area contributed by atoms with Crippen molar-refractivity contribution in [3.8, 4) is 0 Å². The Hall–Kier alpha value is -3.62. The van der Waals surface area contributed by atoms with Gasteiger partial charge < -0.3 is 30.8 Å². The molecule has 0 radical (unpaired) electrons. The maximum Gasteiger partial charge on any atom is 0.303 e. The topological polar surface area (TPSA) is 130 Å². The van der Waals surface area contributed by atoms with E-state index in [9.17, 15) is 19.8 Å². The highest BCUT2D eigenvalue weighted by molar-refractivity contribution is 5.68. The van der Waals surface area contributed by atoms with Crippen molar-refractivity contribution in [2.24, 2.45) is 0 Å². The van der Waals surface area contributed by atoms with Gasteiger partial charge in [-0.15, -0.1) is 0 Å². The normalized spacial score (nSPS) is 23.9. The van der Waals surface area contributed by atoms with E-state index < -0.39 is 11.9 Å². The summed E-state index contributed by atoms with van der Waals surface area (Å²) in [6.07, 6.45) is 7.95. The number of hydrogen-bond donors (Lipinski definition) is 6. The molecule has 4 atom stereocenters. The average molecular weight is 573 g/mol. The molecule has 0 fully saturated rings. The van der Waals surface area contributed by atoms with Crippen LogP contribution in [0.4, 0.5) is 0 Å². The Labute approximate surface area is 248 Å². The Morgan fingerprint density at radius 1 is 0.762 bits per heavy atom. The van der Waals surface area contributed by atoms with Crippen molar-refractivity contribution in [1.29, 1.82) is 0 Å². The van der Waals surface area contributed by atoms with Gasteiger partial charge in [0.25, 0.3) is 0 Å². The molecule has 0 saturated heterocycles. The fourth-order valence-electron chi connectivity index (χ4n) is 7.51. The van der Waals surface area contributed by atoms with E-state index in [4.69, 9.17) is 0 Å². The number of nitrogens with one attached hydrogen (secondary N) is 4. The van der Waals surface area contributed by atoms with Gasteiger partial charge in [-0.2, -0.15) is 0 Å². The van der Waals surface area contributed by atoms with Crippen LogP contribution in [0, 0.1) is 13.8 Å². The van der Waals surface area contributed by atoms with Gasteiger partial charge in [-0.25, -0.2) is 0 Å². The second kappa shape index (κ2) is 11.9. The number of carbonyl (C=O) groups is 2. The Balaban J connectivity index is 1.63. The van der Waals surface area contributed by atoms with Crippen molar-refractivity contribution in [3.05, 3.63) is 86.6 Å². The Morgan fingerprint density at radius 2 is 1.38 bits per heavy atom. The van der Waals surface area contributed by atoms with Crippen LogP contribution in [0.1, 0.15) is 84.6 Å². The number of rotatable bonds is 8. The zero-order chi connectivity index (χ0) is 30.3. The molecule has 2 aromatic rings. The zero-order valence-corrected chi connectivity index (χ0v) is 25.2. The van der Waals surface area contributed by atoms with Crippen LogP contribution in [0.5, 0.6) is 0 Å². The van der Waals surface area contributed by atoms with E-state index in [1.54, 1.807) is 0 Å². The lowest BCUT2D eigenvalue weighted by molar-refractivity contribution is -0.138. The van der Waals surface area contributed by atoms with E-state index in [-0.39, 0.29) is 37.0 Å². The van der Waals surface area contributed by atoms with Crippen molar-refractivity contribution in [1.82, 2.24) is 20.6 Å². The number of hydrogen-bond acceptors (Lipinski definition) is 4. The predicted molar refractivity (Wildman–Crippen MR) is 166 cm³/mol. The summed E-state index contributed by atoms with van der Waals surface area (Å²) in [6.45, 7) is 16.8. The lowest BCUT2D eigenvalue weighted by Crippen LogP contribution is -2.41. The van der Waals surface area contributed by atoms with Gasteiger partial charge in [-0.05, 0) is 74.8 Å². The standard InChI is InChI=1S/C34H44N4O4/c1-7-21-17(3)25-13-26-19(5)23(9-11-33(39)40)31(37-26)16-32-24(10-12-34(41)42)20(6)28(38-32)15-30-22(8-2)18(4)27(36-30)14-29(21)35-25/h7-8,25-26,29,31,35-38H,1-2,9-16H2,3-6H3,(H,39,40)(H,41,42). The summed E-state index contributed by atoms with van der Waals surface area (Å²) in [7, 11) is 0. The number of aromatic nitrogens is 2. The molecule has 0 aliphatic carbocycles. The third kappa shape index (κ3) is 5.57. The molecule has 8 bridgehead atoms. The summed E-state index contributed by atoms with van der Waals surface area (Å²) in [4.78, 5) is 30.6. The van der Waals surface area contributed by atoms with Crippen molar-refractivity contribution in [2.45, 2.75) is 103 Å². The molecule has 4 unspecified atom stereocenters. The van der Waals surface area contributed by atoms with Gasteiger partial charge in [0.05, 0.1) is 0 Å². The molecule has 0 saturated carbocycles. The van der Waals surface area contributed by atoms with E-state index in [1.165, 1.54) is 28.0 Å². The summed E-state index contributed by atoms with van der Waals surface area (Å²) in [5.74, 6) is -1.62. The molecule has 224 valence electrons. The van der Waals surface area contributed by atoms with Crippen LogP contribution in [-0.4, -0.2) is 56.3 Å². The monoisotopic (exact) mass is 572 g/mol. The van der Waals surface area contributed by atoms with Gasteiger partial charge in [-0.1, -0.05) is 42.0 Å². The second-order valence-electron chi connectivity index (χ2n) is 12.2. The van der Waals surface area contributed by atoms with Crippen molar-refractivity contribution >= 4 is 18.0 Å². The molecule has 0 spiro atoms. The first-order valence-electron chi connectivity index (χ1n) is 15.0. The maximum absolute atomic E-state index is 11.6. The average Bonchev–Trinajstić information content (AvgIpc) is 3.59. The molecule has 42 heavy (non-hydrogen) atoms. The number of fused-ring (bicyclic) bond motifs is 8. The highest BCUT2D eigenvalue weighted by Gasteiger charge is 2.37. The van der Waals surface area contributed by atoms with Gasteiger partial charge in [0.15, 0.2) is 0 Å². The van der Waals surface area contributed by atoms with E-state index >= 15 is 0 Å². The summed E-state index contributed by atoms with van der Waals surface area (Å²) >= 11 is 0. The number of aliphatic carboxylic acids is 2. The molecule has 8 heteroatoms. The van der Waals surface area contributed by atoms with Crippen molar-refractivity contribution in [3.63, 3.8) is 0 Å². The lowest BCUT2D eigenvalue weighted by Gasteiger charge is -2.23. The molecule has 3 aliphatic heterocycles. The van der Waals surface area contributed by atoms with Crippen LogP contribution in [-0.2, 0) is 35.3 Å². The number of aromatic amines is 2. The largest absolute Gasteiger partial charge is 0.481 e.